The molecule has 2 rings (SSSR count). The Hall–Kier alpha value is -0.900. The number of nitrogens with zero attached hydrogens (tertiary/aromatic N) is 1. The summed E-state index contributed by atoms with van der Waals surface area (Å²) in [7, 11) is 0. The average molecular weight is 354 g/mol. The van der Waals surface area contributed by atoms with Crippen molar-refractivity contribution in [3.63, 3.8) is 0 Å². The average Bonchev–Trinajstić information content (AvgIpc) is 2.48. The van der Waals surface area contributed by atoms with Gasteiger partial charge in [-0.1, -0.05) is 37.6 Å². The lowest BCUT2D eigenvalue weighted by Gasteiger charge is -2.25. The summed E-state index contributed by atoms with van der Waals surface area (Å²) in [5.74, 6) is 0.272. The van der Waals surface area contributed by atoms with Crippen LogP contribution in [-0.4, -0.2) is 11.5 Å². The molecule has 0 amide bonds. The zero-order valence-corrected chi connectivity index (χ0v) is 13.9. The maximum Gasteiger partial charge on any atom is 0.0551 e. The van der Waals surface area contributed by atoms with Gasteiger partial charge < -0.3 is 5.32 Å². The zero-order chi connectivity index (χ0) is 14.5. The molecule has 0 radical (unpaired) electrons. The summed E-state index contributed by atoms with van der Waals surface area (Å²) in [6.07, 6.45) is 1.84. The highest BCUT2D eigenvalue weighted by Gasteiger charge is 2.21. The third kappa shape index (κ3) is 3.60. The van der Waals surface area contributed by atoms with E-state index < -0.39 is 0 Å². The first-order valence-corrected chi connectivity index (χ1v) is 7.89. The monoisotopic (exact) mass is 352 g/mol. The number of aromatic nitrogens is 1. The van der Waals surface area contributed by atoms with Gasteiger partial charge >= 0.3 is 0 Å². The summed E-state index contributed by atoms with van der Waals surface area (Å²) < 4.78 is 0.920. The van der Waals surface area contributed by atoms with E-state index in [1.54, 1.807) is 0 Å². The summed E-state index contributed by atoms with van der Waals surface area (Å²) in [5.41, 5.74) is 2.26. The predicted molar refractivity (Wildman–Crippen MR) is 88.2 cm³/mol. The third-order valence-corrected chi connectivity index (χ3v) is 4.61. The van der Waals surface area contributed by atoms with Crippen LogP contribution in [0.15, 0.2) is 47.1 Å². The number of hydrogen-bond acceptors (Lipinski definition) is 2. The van der Waals surface area contributed by atoms with Crippen molar-refractivity contribution in [2.75, 3.05) is 6.54 Å². The second-order valence-electron chi connectivity index (χ2n) is 4.75. The van der Waals surface area contributed by atoms with Crippen LogP contribution in [0.5, 0.6) is 0 Å². The van der Waals surface area contributed by atoms with Gasteiger partial charge in [-0.3, -0.25) is 4.98 Å². The van der Waals surface area contributed by atoms with Crippen molar-refractivity contribution >= 4 is 27.5 Å². The van der Waals surface area contributed by atoms with Crippen LogP contribution in [0, 0.1) is 0 Å². The fourth-order valence-electron chi connectivity index (χ4n) is 2.33. The van der Waals surface area contributed by atoms with Gasteiger partial charge in [0, 0.05) is 28.3 Å². The lowest BCUT2D eigenvalue weighted by Crippen LogP contribution is -2.26. The fourth-order valence-corrected chi connectivity index (χ4v) is 2.76. The van der Waals surface area contributed by atoms with Crippen molar-refractivity contribution < 1.29 is 0 Å². The third-order valence-electron chi connectivity index (χ3n) is 3.38. The van der Waals surface area contributed by atoms with E-state index in [0.29, 0.717) is 0 Å². The Morgan fingerprint density at radius 1 is 1.30 bits per heavy atom. The number of pyridine rings is 1. The minimum absolute atomic E-state index is 0.195. The van der Waals surface area contributed by atoms with E-state index in [-0.39, 0.29) is 12.0 Å². The van der Waals surface area contributed by atoms with Gasteiger partial charge in [0.25, 0.3) is 0 Å². The molecule has 0 spiro atoms. The normalized spacial score (nSPS) is 14.0. The summed E-state index contributed by atoms with van der Waals surface area (Å²) in [6.45, 7) is 5.19. The quantitative estimate of drug-likeness (QED) is 0.822. The van der Waals surface area contributed by atoms with E-state index in [1.165, 1.54) is 5.56 Å². The number of rotatable bonds is 5. The Kier molecular flexibility index (Phi) is 5.58. The van der Waals surface area contributed by atoms with Crippen molar-refractivity contribution in [3.05, 3.63) is 63.3 Å². The number of hydrogen-bond donors (Lipinski definition) is 1. The molecule has 0 saturated heterocycles. The van der Waals surface area contributed by atoms with E-state index in [0.717, 1.165) is 21.7 Å². The lowest BCUT2D eigenvalue weighted by atomic mass is 9.91. The summed E-state index contributed by atoms with van der Waals surface area (Å²) >= 11 is 9.65. The molecule has 0 saturated carbocycles. The van der Waals surface area contributed by atoms with Crippen molar-refractivity contribution in [2.45, 2.75) is 25.8 Å². The van der Waals surface area contributed by atoms with Gasteiger partial charge in [-0.25, -0.2) is 0 Å². The SMILES string of the molecule is CCNC(c1ccc(Br)c(Cl)c1)C(C)c1ccccn1. The minimum atomic E-state index is 0.195. The molecule has 2 atom stereocenters. The van der Waals surface area contributed by atoms with Gasteiger partial charge in [-0.2, -0.15) is 0 Å². The van der Waals surface area contributed by atoms with Crippen molar-refractivity contribution in [3.8, 4) is 0 Å². The van der Waals surface area contributed by atoms with Crippen LogP contribution in [0.2, 0.25) is 5.02 Å². The number of likely N-dealkylation sites (N-methyl/N-ethyl adjacent to an activating group) is 1. The standard InChI is InChI=1S/C16H18BrClN2/c1-3-19-16(11(2)15-6-4-5-9-20-15)12-7-8-13(17)14(18)10-12/h4-11,16,19H,3H2,1-2H3. The van der Waals surface area contributed by atoms with Crippen LogP contribution in [0.1, 0.15) is 37.1 Å². The molecule has 1 aromatic carbocycles. The highest BCUT2D eigenvalue weighted by molar-refractivity contribution is 9.10. The molecule has 0 aliphatic rings. The van der Waals surface area contributed by atoms with Crippen LogP contribution in [0.3, 0.4) is 0 Å². The van der Waals surface area contributed by atoms with Crippen molar-refractivity contribution in [1.82, 2.24) is 10.3 Å². The molecule has 106 valence electrons. The molecule has 1 N–H and O–H groups in total. The highest BCUT2D eigenvalue weighted by Crippen LogP contribution is 2.33. The van der Waals surface area contributed by atoms with E-state index in [4.69, 9.17) is 11.6 Å². The second-order valence-corrected chi connectivity index (χ2v) is 6.01. The van der Waals surface area contributed by atoms with Crippen LogP contribution < -0.4 is 5.32 Å². The van der Waals surface area contributed by atoms with Crippen LogP contribution in [0.4, 0.5) is 0 Å². The Bertz CT molecular complexity index is 560. The van der Waals surface area contributed by atoms with Gasteiger partial charge in [0.05, 0.1) is 5.02 Å². The summed E-state index contributed by atoms with van der Waals surface area (Å²) in [5, 5.41) is 4.26. The summed E-state index contributed by atoms with van der Waals surface area (Å²) in [4.78, 5) is 4.47. The van der Waals surface area contributed by atoms with Crippen LogP contribution in [-0.2, 0) is 0 Å². The molecule has 2 nitrogen and oxygen atoms in total. The molecular formula is C16H18BrClN2. The van der Waals surface area contributed by atoms with E-state index in [1.807, 2.05) is 30.5 Å². The summed E-state index contributed by atoms with van der Waals surface area (Å²) in [6, 6.07) is 12.3. The van der Waals surface area contributed by atoms with Crippen LogP contribution >= 0.6 is 27.5 Å². The largest absolute Gasteiger partial charge is 0.310 e. The Morgan fingerprint density at radius 2 is 2.10 bits per heavy atom. The first-order valence-electron chi connectivity index (χ1n) is 6.72. The maximum absolute atomic E-state index is 6.22. The Labute approximate surface area is 133 Å². The topological polar surface area (TPSA) is 24.9 Å². The molecule has 1 aromatic heterocycles. The minimum Gasteiger partial charge on any atom is -0.310 e. The van der Waals surface area contributed by atoms with E-state index in [9.17, 15) is 0 Å². The van der Waals surface area contributed by atoms with Gasteiger partial charge in [-0.05, 0) is 52.3 Å². The van der Waals surface area contributed by atoms with Gasteiger partial charge in [0.2, 0.25) is 0 Å². The predicted octanol–water partition coefficient (Wildman–Crippen LogP) is 4.95. The van der Waals surface area contributed by atoms with E-state index in [2.05, 4.69) is 52.2 Å². The first kappa shape index (κ1) is 15.5. The Morgan fingerprint density at radius 3 is 2.70 bits per heavy atom. The Balaban J connectivity index is 2.33. The fraction of sp³-hybridized carbons (Fsp3) is 0.312. The molecule has 0 aliphatic carbocycles. The van der Waals surface area contributed by atoms with Crippen molar-refractivity contribution in [1.29, 1.82) is 0 Å². The lowest BCUT2D eigenvalue weighted by molar-refractivity contribution is 0.472. The van der Waals surface area contributed by atoms with Crippen LogP contribution in [0.25, 0.3) is 0 Å². The second kappa shape index (κ2) is 7.21. The van der Waals surface area contributed by atoms with E-state index >= 15 is 0 Å². The number of halogens is 2. The molecule has 1 heterocycles. The maximum atomic E-state index is 6.22. The number of benzene rings is 1. The smallest absolute Gasteiger partial charge is 0.0551 e. The van der Waals surface area contributed by atoms with Crippen molar-refractivity contribution in [2.24, 2.45) is 0 Å². The molecular weight excluding hydrogens is 336 g/mol. The van der Waals surface area contributed by atoms with Gasteiger partial charge in [0.1, 0.15) is 0 Å². The zero-order valence-electron chi connectivity index (χ0n) is 11.6. The van der Waals surface area contributed by atoms with Gasteiger partial charge in [0.15, 0.2) is 0 Å². The molecule has 2 unspecified atom stereocenters. The molecule has 20 heavy (non-hydrogen) atoms. The molecule has 0 aliphatic heterocycles. The molecule has 4 heteroatoms. The van der Waals surface area contributed by atoms with Gasteiger partial charge in [-0.15, -0.1) is 0 Å². The molecule has 0 bridgehead atoms. The number of nitrogens with one attached hydrogen (secondary N) is 1. The highest BCUT2D eigenvalue weighted by atomic mass is 79.9. The first-order chi connectivity index (χ1) is 9.63. The molecule has 2 aromatic rings. The molecule has 0 fully saturated rings.